The second kappa shape index (κ2) is 28.9. The van der Waals surface area contributed by atoms with Crippen LogP contribution in [0.25, 0.3) is 22.6 Å². The van der Waals surface area contributed by atoms with Crippen molar-refractivity contribution in [3.05, 3.63) is 118 Å². The monoisotopic (exact) mass is 1140 g/mol. The van der Waals surface area contributed by atoms with Crippen LogP contribution in [0.15, 0.2) is 94.5 Å². The summed E-state index contributed by atoms with van der Waals surface area (Å²) < 4.78 is 23.1. The van der Waals surface area contributed by atoms with E-state index in [1.807, 2.05) is 53.4 Å². The minimum atomic E-state index is -1.90. The third-order valence-electron chi connectivity index (χ3n) is 13.9. The molecule has 2 fully saturated rings. The van der Waals surface area contributed by atoms with Gasteiger partial charge in [0.1, 0.15) is 35.2 Å². The summed E-state index contributed by atoms with van der Waals surface area (Å²) in [6.45, 7) is 21.7. The van der Waals surface area contributed by atoms with E-state index >= 15 is 0 Å². The number of imidazole rings is 2. The van der Waals surface area contributed by atoms with Gasteiger partial charge in [-0.25, -0.2) is 9.97 Å². The Labute approximate surface area is 458 Å². The molecule has 16 heteroatoms. The molecule has 0 aliphatic heterocycles. The van der Waals surface area contributed by atoms with Gasteiger partial charge in [-0.3, -0.25) is 0 Å². The number of hydrogen-bond acceptors (Lipinski definition) is 12. The molecular weight excluding hydrogens is 1060 g/mol. The van der Waals surface area contributed by atoms with Crippen molar-refractivity contribution in [1.29, 1.82) is 0 Å². The molecule has 14 nitrogen and oxygen atoms in total. The predicted octanol–water partition coefficient (Wildman–Crippen LogP) is 12.0. The molecule has 0 spiro atoms. The Morgan fingerprint density at radius 2 is 1.35 bits per heavy atom. The Morgan fingerprint density at radius 1 is 0.838 bits per heavy atom. The highest BCUT2D eigenvalue weighted by Gasteiger charge is 2.39. The van der Waals surface area contributed by atoms with Crippen molar-refractivity contribution in [1.82, 2.24) is 40.0 Å². The lowest BCUT2D eigenvalue weighted by atomic mass is 9.80. The van der Waals surface area contributed by atoms with Crippen LogP contribution in [-0.2, 0) is 4.43 Å². The normalized spacial score (nSPS) is 18.6. The van der Waals surface area contributed by atoms with Gasteiger partial charge >= 0.3 is 0 Å². The lowest BCUT2D eigenvalue weighted by Crippen LogP contribution is -2.41. The van der Waals surface area contributed by atoms with Gasteiger partial charge in [-0.15, -0.1) is 12.3 Å². The molecule has 6 aromatic rings. The second-order valence-corrected chi connectivity index (χ2v) is 26.4. The van der Waals surface area contributed by atoms with Gasteiger partial charge in [-0.2, -0.15) is 0 Å². The first kappa shape index (κ1) is 61.7. The van der Waals surface area contributed by atoms with E-state index in [-0.39, 0.29) is 46.1 Å². The Kier molecular flexibility index (Phi) is 24.0. The molecule has 4 heterocycles. The summed E-state index contributed by atoms with van der Waals surface area (Å²) in [5, 5.41) is 34.3. The zero-order valence-corrected chi connectivity index (χ0v) is 46.8. The number of aliphatic hydroxyl groups is 2. The summed E-state index contributed by atoms with van der Waals surface area (Å²) in [7, 11) is -1.90. The molecular formula is C58H86IN9O5Si. The van der Waals surface area contributed by atoms with E-state index in [0.717, 1.165) is 65.8 Å². The highest BCUT2D eigenvalue weighted by Crippen LogP contribution is 2.40. The van der Waals surface area contributed by atoms with Crippen molar-refractivity contribution in [3.8, 4) is 46.8 Å². The molecule has 4 atom stereocenters. The highest BCUT2D eigenvalue weighted by atomic mass is 127. The number of halogens is 1. The maximum Gasteiger partial charge on any atom is 0.193 e. The number of rotatable bonds is 18. The standard InChI is InChI=1S/C24H29N5O3.C23H32IN3O2Si.C9H15N.2CH4.H2/c1-16(31)24-27-8-10-29(24)22(15-25)21-14-23(32-28-21)19-6-4-17(5-7-19)2-3-18-12-20(13-18)26-9-11-30;1-8-20(19-15-21(28-26-19)17-9-11-18(24)12-10-17)27-14-13-25-22(27)16(2)29-30(6,7)23(3,4)5;1-3-5-10-9-6-8(4-2)7-9;;;/h4-8,10,14,16,18,20,22,26,30-31H,9,11-13,15,25H2,1H3;9-16,20H,8H2,1-7H3;2,8-10H,3,5-7H2,1H3;2*1H4;1H/t16-,18?,20?,22+;16-,20+;;;;/m00..../s1. The van der Waals surface area contributed by atoms with Crippen molar-refractivity contribution in [2.45, 2.75) is 156 Å². The van der Waals surface area contributed by atoms with Gasteiger partial charge in [-0.1, -0.05) is 83.8 Å². The number of nitrogens with one attached hydrogen (secondary N) is 2. The third kappa shape index (κ3) is 16.3. The fourth-order valence-corrected chi connectivity index (χ4v) is 10.2. The van der Waals surface area contributed by atoms with Gasteiger partial charge in [-0.05, 0) is 136 Å². The SMILES string of the molecule is C.C.C#CC1CC(NCCC)C1.CC[C@H](c1cc(-c2ccc(I)cc2)on1)n1ccnc1[C@H](C)O[Si](C)(C)C(C)(C)C.C[C@H](O)c1nccn1[C@H](CN)c1cc(-c2ccc(C#CC3CC(NCCO)C3)cc2)on1.[HH]. The molecule has 2 aliphatic carbocycles. The highest BCUT2D eigenvalue weighted by molar-refractivity contribution is 14.1. The fraction of sp³-hybridized carbons (Fsp3) is 0.517. The van der Waals surface area contributed by atoms with Crippen molar-refractivity contribution in [2.75, 3.05) is 26.2 Å². The fourth-order valence-electron chi connectivity index (χ4n) is 8.53. The van der Waals surface area contributed by atoms with E-state index in [0.29, 0.717) is 48.2 Å². The van der Waals surface area contributed by atoms with Crippen LogP contribution < -0.4 is 16.4 Å². The van der Waals surface area contributed by atoms with Crippen LogP contribution >= 0.6 is 22.6 Å². The Hall–Kier alpha value is -4.89. The molecule has 74 heavy (non-hydrogen) atoms. The topological polar surface area (TPSA) is 187 Å². The van der Waals surface area contributed by atoms with E-state index < -0.39 is 14.4 Å². The average Bonchev–Trinajstić information content (AvgIpc) is 4.18. The van der Waals surface area contributed by atoms with E-state index in [2.05, 4.69) is 155 Å². The number of nitrogens with two attached hydrogens (primary N) is 1. The van der Waals surface area contributed by atoms with Crippen molar-refractivity contribution in [2.24, 2.45) is 17.6 Å². The molecule has 4 aromatic heterocycles. The molecule has 0 amide bonds. The van der Waals surface area contributed by atoms with Gasteiger partial charge in [0.25, 0.3) is 0 Å². The number of nitrogens with zero attached hydrogens (tertiary/aromatic N) is 6. The van der Waals surface area contributed by atoms with Gasteiger partial charge in [0.05, 0.1) is 18.7 Å². The molecule has 0 bridgehead atoms. The minimum absolute atomic E-state index is 0. The van der Waals surface area contributed by atoms with Crippen LogP contribution in [0.2, 0.25) is 18.1 Å². The van der Waals surface area contributed by atoms with Crippen LogP contribution in [0.5, 0.6) is 0 Å². The largest absolute Gasteiger partial charge is 0.407 e. The number of terminal acetylenes is 1. The third-order valence-corrected chi connectivity index (χ3v) is 19.2. The Bertz CT molecular complexity index is 2680. The Balaban J connectivity index is 0.000000323. The average molecular weight is 1140 g/mol. The van der Waals surface area contributed by atoms with Crippen LogP contribution in [0.4, 0.5) is 0 Å². The molecule has 0 saturated heterocycles. The van der Waals surface area contributed by atoms with Crippen LogP contribution in [0, 0.1) is 39.6 Å². The lowest BCUT2D eigenvalue weighted by Gasteiger charge is -2.38. The second-order valence-electron chi connectivity index (χ2n) is 20.4. The molecule has 8 rings (SSSR count). The summed E-state index contributed by atoms with van der Waals surface area (Å²) >= 11 is 2.30. The molecule has 2 aromatic carbocycles. The number of aromatic nitrogens is 6. The first-order chi connectivity index (χ1) is 34.5. The van der Waals surface area contributed by atoms with Gasteiger partial charge in [0, 0.05) is 95.6 Å². The smallest absolute Gasteiger partial charge is 0.193 e. The zero-order chi connectivity index (χ0) is 52.0. The predicted molar refractivity (Wildman–Crippen MR) is 312 cm³/mol. The van der Waals surface area contributed by atoms with E-state index in [1.165, 1.54) is 22.8 Å². The number of aliphatic hydroxyl groups excluding tert-OH is 2. The quantitative estimate of drug-likeness (QED) is 0.0312. The summed E-state index contributed by atoms with van der Waals surface area (Å²) in [6, 6.07) is 21.0. The van der Waals surface area contributed by atoms with Crippen molar-refractivity contribution in [3.63, 3.8) is 0 Å². The van der Waals surface area contributed by atoms with E-state index in [1.54, 1.807) is 19.3 Å². The summed E-state index contributed by atoms with van der Waals surface area (Å²) in [6.07, 6.45) is 18.3. The molecule has 2 saturated carbocycles. The van der Waals surface area contributed by atoms with Crippen LogP contribution in [0.1, 0.15) is 156 Å². The molecule has 0 radical (unpaired) electrons. The van der Waals surface area contributed by atoms with Crippen LogP contribution in [-0.4, -0.2) is 86.3 Å². The van der Waals surface area contributed by atoms with Gasteiger partial charge in [0.15, 0.2) is 19.8 Å². The van der Waals surface area contributed by atoms with Gasteiger partial charge in [0.2, 0.25) is 0 Å². The molecule has 0 unspecified atom stereocenters. The van der Waals surface area contributed by atoms with E-state index in [4.69, 9.17) is 30.7 Å². The van der Waals surface area contributed by atoms with Crippen LogP contribution in [0.3, 0.4) is 0 Å². The first-order valence-corrected chi connectivity index (χ1v) is 29.4. The summed E-state index contributed by atoms with van der Waals surface area (Å²) in [4.78, 5) is 8.87. The van der Waals surface area contributed by atoms with Gasteiger partial charge < -0.3 is 49.2 Å². The number of hydrogen-bond donors (Lipinski definition) is 5. The zero-order valence-electron chi connectivity index (χ0n) is 43.6. The summed E-state index contributed by atoms with van der Waals surface area (Å²) in [5.74, 6) is 13.2. The molecule has 2 aliphatic rings. The van der Waals surface area contributed by atoms with Crippen molar-refractivity contribution < 1.29 is 25.1 Å². The minimum Gasteiger partial charge on any atom is -0.407 e. The Morgan fingerprint density at radius 3 is 1.85 bits per heavy atom. The van der Waals surface area contributed by atoms with Crippen molar-refractivity contribution >= 4 is 30.9 Å². The van der Waals surface area contributed by atoms with E-state index in [9.17, 15) is 5.11 Å². The molecule has 6 N–H and O–H groups in total. The lowest BCUT2D eigenvalue weighted by molar-refractivity contribution is 0.182. The summed E-state index contributed by atoms with van der Waals surface area (Å²) in [5.41, 5.74) is 10.5. The number of benzene rings is 2. The maximum atomic E-state index is 9.95. The maximum absolute atomic E-state index is 9.95. The first-order valence-electron chi connectivity index (χ1n) is 25.4. The molecule has 404 valence electrons.